The van der Waals surface area contributed by atoms with Gasteiger partial charge in [0.05, 0.1) is 0 Å². The normalized spacial score (nSPS) is 8.73. The molecule has 0 atom stereocenters. The summed E-state index contributed by atoms with van der Waals surface area (Å²) in [6.45, 7) is 13.8. The average Bonchev–Trinajstić information content (AvgIpc) is 2.54. The summed E-state index contributed by atoms with van der Waals surface area (Å²) in [5.41, 5.74) is 0. The molecule has 0 N–H and O–H groups in total. The van der Waals surface area contributed by atoms with Crippen molar-refractivity contribution in [3.05, 3.63) is 62.8 Å². The van der Waals surface area contributed by atoms with Gasteiger partial charge in [-0.1, -0.05) is 44.5 Å². The molecule has 0 aromatic heterocycles. The molecular weight excluding hydrogens is 288 g/mol. The SMILES string of the molecule is C=CCOC(=O)/C=C\C(=O)OCC=C.C=CCOC(=O)C=C. The van der Waals surface area contributed by atoms with Gasteiger partial charge in [-0.05, 0) is 0 Å². The molecule has 6 nitrogen and oxygen atoms in total. The van der Waals surface area contributed by atoms with E-state index in [1.165, 1.54) is 18.2 Å². The first-order chi connectivity index (χ1) is 10.5. The predicted octanol–water partition coefficient (Wildman–Crippen LogP) is 1.90. The van der Waals surface area contributed by atoms with E-state index in [4.69, 9.17) is 0 Å². The number of hydrogen-bond donors (Lipinski definition) is 0. The third-order valence-corrected chi connectivity index (χ3v) is 1.55. The van der Waals surface area contributed by atoms with Crippen molar-refractivity contribution in [1.29, 1.82) is 0 Å². The van der Waals surface area contributed by atoms with E-state index in [0.717, 1.165) is 18.2 Å². The zero-order valence-electron chi connectivity index (χ0n) is 12.4. The standard InChI is InChI=1S/C10H12O4.C6H8O2/c1-3-7-13-9(11)5-6-10(12)14-8-4-2;1-3-5-8-6(7)4-2/h3-6H,1-2,7-8H2;3-4H,1-2,5H2/b6-5-;. The lowest BCUT2D eigenvalue weighted by Crippen LogP contribution is -2.04. The minimum absolute atomic E-state index is 0.116. The smallest absolute Gasteiger partial charge is 0.331 e. The number of ether oxygens (including phenoxy) is 3. The van der Waals surface area contributed by atoms with E-state index >= 15 is 0 Å². The van der Waals surface area contributed by atoms with Crippen LogP contribution in [0.1, 0.15) is 0 Å². The summed E-state index contributed by atoms with van der Waals surface area (Å²) in [4.78, 5) is 31.8. The van der Waals surface area contributed by atoms with Gasteiger partial charge in [-0.15, -0.1) is 0 Å². The molecule has 0 unspecified atom stereocenters. The third-order valence-electron chi connectivity index (χ3n) is 1.55. The number of carbonyl (C=O) groups is 3. The van der Waals surface area contributed by atoms with Crippen LogP contribution in [0, 0.1) is 0 Å². The second-order valence-corrected chi connectivity index (χ2v) is 3.29. The molecule has 120 valence electrons. The highest BCUT2D eigenvalue weighted by atomic mass is 16.5. The largest absolute Gasteiger partial charge is 0.458 e. The molecule has 0 aliphatic rings. The first-order valence-electron chi connectivity index (χ1n) is 6.15. The molecular formula is C16H20O6. The van der Waals surface area contributed by atoms with Crippen LogP contribution < -0.4 is 0 Å². The number of rotatable bonds is 9. The molecule has 0 heterocycles. The fraction of sp³-hybridized carbons (Fsp3) is 0.188. The number of carbonyl (C=O) groups excluding carboxylic acids is 3. The average molecular weight is 308 g/mol. The highest BCUT2D eigenvalue weighted by Gasteiger charge is 1.98. The summed E-state index contributed by atoms with van der Waals surface area (Å²) in [6.07, 6.45) is 7.47. The fourth-order valence-electron chi connectivity index (χ4n) is 0.714. The van der Waals surface area contributed by atoms with E-state index < -0.39 is 17.9 Å². The maximum absolute atomic E-state index is 10.8. The summed E-state index contributed by atoms with van der Waals surface area (Å²) in [7, 11) is 0. The van der Waals surface area contributed by atoms with Gasteiger partial charge in [0, 0.05) is 18.2 Å². The lowest BCUT2D eigenvalue weighted by atomic mass is 10.5. The van der Waals surface area contributed by atoms with Crippen LogP contribution in [0.5, 0.6) is 0 Å². The van der Waals surface area contributed by atoms with Crippen LogP contribution in [-0.2, 0) is 28.6 Å². The van der Waals surface area contributed by atoms with Crippen molar-refractivity contribution in [2.75, 3.05) is 19.8 Å². The maximum atomic E-state index is 10.8. The molecule has 0 rings (SSSR count). The molecule has 0 saturated heterocycles. The van der Waals surface area contributed by atoms with Gasteiger partial charge in [0.25, 0.3) is 0 Å². The van der Waals surface area contributed by atoms with E-state index in [1.54, 1.807) is 0 Å². The van der Waals surface area contributed by atoms with Gasteiger partial charge in [-0.3, -0.25) is 0 Å². The van der Waals surface area contributed by atoms with Crippen LogP contribution in [0.4, 0.5) is 0 Å². The Hall–Kier alpha value is -2.89. The second kappa shape index (κ2) is 16.2. The van der Waals surface area contributed by atoms with E-state index in [9.17, 15) is 14.4 Å². The lowest BCUT2D eigenvalue weighted by Gasteiger charge is -1.96. The molecule has 0 aromatic rings. The van der Waals surface area contributed by atoms with Crippen LogP contribution in [-0.4, -0.2) is 37.7 Å². The molecule has 0 aromatic carbocycles. The molecule has 0 aliphatic carbocycles. The zero-order valence-corrected chi connectivity index (χ0v) is 12.4. The van der Waals surface area contributed by atoms with Crippen LogP contribution in [0.2, 0.25) is 0 Å². The minimum atomic E-state index is -0.611. The first-order valence-corrected chi connectivity index (χ1v) is 6.15. The molecule has 0 bridgehead atoms. The van der Waals surface area contributed by atoms with Crippen molar-refractivity contribution in [3.8, 4) is 0 Å². The third kappa shape index (κ3) is 17.1. The van der Waals surface area contributed by atoms with Crippen molar-refractivity contribution in [2.45, 2.75) is 0 Å². The Morgan fingerprint density at radius 1 is 0.636 bits per heavy atom. The van der Waals surface area contributed by atoms with Crippen LogP contribution in [0.3, 0.4) is 0 Å². The number of esters is 3. The van der Waals surface area contributed by atoms with E-state index in [2.05, 4.69) is 40.5 Å². The molecule has 0 spiro atoms. The van der Waals surface area contributed by atoms with E-state index in [0.29, 0.717) is 0 Å². The summed E-state index contributed by atoms with van der Waals surface area (Å²) >= 11 is 0. The van der Waals surface area contributed by atoms with E-state index in [-0.39, 0.29) is 19.8 Å². The molecule has 0 amide bonds. The molecule has 22 heavy (non-hydrogen) atoms. The fourth-order valence-corrected chi connectivity index (χ4v) is 0.714. The van der Waals surface area contributed by atoms with Gasteiger partial charge in [-0.2, -0.15) is 0 Å². The Balaban J connectivity index is 0. The Kier molecular flexibility index (Phi) is 15.7. The Morgan fingerprint density at radius 2 is 0.955 bits per heavy atom. The maximum Gasteiger partial charge on any atom is 0.331 e. The minimum Gasteiger partial charge on any atom is -0.458 e. The van der Waals surface area contributed by atoms with Gasteiger partial charge in [0.1, 0.15) is 19.8 Å². The van der Waals surface area contributed by atoms with Gasteiger partial charge in [-0.25, -0.2) is 14.4 Å². The molecule has 0 fully saturated rings. The van der Waals surface area contributed by atoms with Crippen molar-refractivity contribution in [1.82, 2.24) is 0 Å². The van der Waals surface area contributed by atoms with Crippen molar-refractivity contribution >= 4 is 17.9 Å². The molecule has 0 saturated carbocycles. The lowest BCUT2D eigenvalue weighted by molar-refractivity contribution is -0.139. The summed E-state index contributed by atoms with van der Waals surface area (Å²) < 4.78 is 13.6. The summed E-state index contributed by atoms with van der Waals surface area (Å²) in [5, 5.41) is 0. The Labute approximate surface area is 130 Å². The van der Waals surface area contributed by atoms with Crippen molar-refractivity contribution in [2.24, 2.45) is 0 Å². The summed E-state index contributed by atoms with van der Waals surface area (Å²) in [5.74, 6) is -1.63. The first kappa shape index (κ1) is 21.4. The Bertz CT molecular complexity index is 408. The van der Waals surface area contributed by atoms with Crippen LogP contribution in [0.25, 0.3) is 0 Å². The van der Waals surface area contributed by atoms with Gasteiger partial charge in [0.15, 0.2) is 0 Å². The highest BCUT2D eigenvalue weighted by molar-refractivity contribution is 5.91. The highest BCUT2D eigenvalue weighted by Crippen LogP contribution is 1.86. The monoisotopic (exact) mass is 308 g/mol. The molecule has 0 aliphatic heterocycles. The van der Waals surface area contributed by atoms with Crippen LogP contribution in [0.15, 0.2) is 62.8 Å². The zero-order chi connectivity index (χ0) is 17.2. The van der Waals surface area contributed by atoms with Crippen LogP contribution >= 0.6 is 0 Å². The number of hydrogen-bond acceptors (Lipinski definition) is 6. The van der Waals surface area contributed by atoms with Gasteiger partial charge >= 0.3 is 17.9 Å². The summed E-state index contributed by atoms with van der Waals surface area (Å²) in [6, 6.07) is 0. The molecule has 6 heteroatoms. The topological polar surface area (TPSA) is 78.9 Å². The second-order valence-electron chi connectivity index (χ2n) is 3.29. The van der Waals surface area contributed by atoms with Crippen molar-refractivity contribution in [3.63, 3.8) is 0 Å². The quantitative estimate of drug-likeness (QED) is 0.280. The van der Waals surface area contributed by atoms with Gasteiger partial charge in [0.2, 0.25) is 0 Å². The van der Waals surface area contributed by atoms with Crippen molar-refractivity contribution < 1.29 is 28.6 Å². The predicted molar refractivity (Wildman–Crippen MR) is 82.8 cm³/mol. The Morgan fingerprint density at radius 3 is 1.23 bits per heavy atom. The van der Waals surface area contributed by atoms with Gasteiger partial charge < -0.3 is 14.2 Å². The molecule has 0 radical (unpaired) electrons. The van der Waals surface area contributed by atoms with E-state index in [1.807, 2.05) is 0 Å².